The van der Waals surface area contributed by atoms with Crippen molar-refractivity contribution in [1.29, 1.82) is 0 Å². The number of thiazole rings is 1. The highest BCUT2D eigenvalue weighted by Gasteiger charge is 2.38. The van der Waals surface area contributed by atoms with Crippen molar-refractivity contribution >= 4 is 33.8 Å². The van der Waals surface area contributed by atoms with Crippen LogP contribution in [-0.2, 0) is 17.1 Å². The van der Waals surface area contributed by atoms with Gasteiger partial charge in [-0.05, 0) is 13.8 Å². The van der Waals surface area contributed by atoms with E-state index in [1.807, 2.05) is 24.7 Å². The Hall–Kier alpha value is -1.00. The lowest BCUT2D eigenvalue weighted by molar-refractivity contribution is 0.258. The Kier molecular flexibility index (Phi) is 5.47. The highest BCUT2D eigenvalue weighted by atomic mass is 35.5. The molecule has 0 radical (unpaired) electrons. The summed E-state index contributed by atoms with van der Waals surface area (Å²) in [7, 11) is -1.69. The van der Waals surface area contributed by atoms with E-state index in [1.165, 1.54) is 11.3 Å². The summed E-state index contributed by atoms with van der Waals surface area (Å²) in [4.78, 5) is 8.58. The van der Waals surface area contributed by atoms with Crippen LogP contribution in [0.5, 0.6) is 0 Å². The third-order valence-corrected chi connectivity index (χ3v) is 7.32. The Labute approximate surface area is 146 Å². The van der Waals surface area contributed by atoms with Crippen LogP contribution in [0.25, 0.3) is 0 Å². The van der Waals surface area contributed by atoms with Gasteiger partial charge in [-0.15, -0.1) is 23.7 Å². The van der Waals surface area contributed by atoms with Crippen molar-refractivity contribution in [2.75, 3.05) is 19.6 Å². The average molecular weight is 378 g/mol. The molecular formula is C13H20ClN5O2S2. The number of nitrogens with zero attached hydrogens (tertiary/aromatic N) is 4. The summed E-state index contributed by atoms with van der Waals surface area (Å²) >= 11 is 1.23. The van der Waals surface area contributed by atoms with Crippen LogP contribution in [0.4, 0.5) is 0 Å². The molecule has 0 spiro atoms. The summed E-state index contributed by atoms with van der Waals surface area (Å²) in [5.74, 6) is 0.745. The second-order valence-electron chi connectivity index (χ2n) is 5.34. The minimum absolute atomic E-state index is 0. The van der Waals surface area contributed by atoms with Gasteiger partial charge in [-0.25, -0.2) is 18.4 Å². The molecule has 10 heteroatoms. The van der Waals surface area contributed by atoms with E-state index in [9.17, 15) is 8.42 Å². The van der Waals surface area contributed by atoms with Gasteiger partial charge in [0.05, 0.1) is 16.7 Å². The Bertz CT molecular complexity index is 786. The van der Waals surface area contributed by atoms with Crippen LogP contribution < -0.4 is 5.32 Å². The minimum Gasteiger partial charge on any atom is -0.337 e. The number of rotatable bonds is 3. The van der Waals surface area contributed by atoms with Crippen molar-refractivity contribution in [2.24, 2.45) is 7.05 Å². The fourth-order valence-corrected chi connectivity index (χ4v) is 5.93. The van der Waals surface area contributed by atoms with Crippen LogP contribution in [0.2, 0.25) is 0 Å². The molecule has 1 N–H and O–H groups in total. The van der Waals surface area contributed by atoms with Crippen LogP contribution in [-0.4, -0.2) is 46.9 Å². The first-order chi connectivity index (χ1) is 10.4. The number of imidazole rings is 1. The summed E-state index contributed by atoms with van der Waals surface area (Å²) in [5.41, 5.74) is 0.569. The molecule has 0 bridgehead atoms. The number of aryl methyl sites for hydroxylation is 3. The molecule has 2 aromatic rings. The number of hydrogen-bond acceptors (Lipinski definition) is 6. The first-order valence-electron chi connectivity index (χ1n) is 7.05. The van der Waals surface area contributed by atoms with Gasteiger partial charge in [0.2, 0.25) is 0 Å². The van der Waals surface area contributed by atoms with E-state index in [0.717, 1.165) is 10.8 Å². The summed E-state index contributed by atoms with van der Waals surface area (Å²) in [5, 5.41) is 4.02. The zero-order valence-electron chi connectivity index (χ0n) is 13.2. The van der Waals surface area contributed by atoms with Gasteiger partial charge in [0.25, 0.3) is 10.0 Å². The Balaban J connectivity index is 0.00000192. The predicted molar refractivity (Wildman–Crippen MR) is 91.5 cm³/mol. The van der Waals surface area contributed by atoms with Gasteiger partial charge in [-0.2, -0.15) is 4.31 Å². The Morgan fingerprint density at radius 1 is 1.39 bits per heavy atom. The maximum Gasteiger partial charge on any atom is 0.255 e. The molecule has 1 atom stereocenters. The van der Waals surface area contributed by atoms with E-state index >= 15 is 0 Å². The molecule has 1 aliphatic rings. The molecule has 2 aromatic heterocycles. The number of hydrogen-bond donors (Lipinski definition) is 1. The van der Waals surface area contributed by atoms with E-state index in [0.29, 0.717) is 29.5 Å². The van der Waals surface area contributed by atoms with Crippen molar-refractivity contribution in [3.63, 3.8) is 0 Å². The topological polar surface area (TPSA) is 80.1 Å². The van der Waals surface area contributed by atoms with Gasteiger partial charge in [-0.1, -0.05) is 0 Å². The van der Waals surface area contributed by atoms with E-state index in [-0.39, 0.29) is 18.4 Å². The molecule has 7 nitrogen and oxygen atoms in total. The first-order valence-corrected chi connectivity index (χ1v) is 9.30. The third kappa shape index (κ3) is 3.29. The first kappa shape index (κ1) is 18.3. The molecule has 23 heavy (non-hydrogen) atoms. The molecule has 1 fully saturated rings. The van der Waals surface area contributed by atoms with Gasteiger partial charge in [0, 0.05) is 39.1 Å². The largest absolute Gasteiger partial charge is 0.337 e. The number of sulfonamides is 1. The molecule has 0 saturated carbocycles. The fraction of sp³-hybridized carbons (Fsp3) is 0.538. The number of nitrogens with one attached hydrogen (secondary N) is 1. The third-order valence-electron chi connectivity index (χ3n) is 3.75. The SMILES string of the molecule is Cc1nc(C)c(S(=O)(=O)N2CCNCC2c2nccn2C)s1.Cl. The maximum absolute atomic E-state index is 13.1. The molecule has 0 aromatic carbocycles. The monoisotopic (exact) mass is 377 g/mol. The zero-order chi connectivity index (χ0) is 15.9. The van der Waals surface area contributed by atoms with Gasteiger partial charge >= 0.3 is 0 Å². The van der Waals surface area contributed by atoms with E-state index in [2.05, 4.69) is 15.3 Å². The van der Waals surface area contributed by atoms with Crippen LogP contribution >= 0.6 is 23.7 Å². The smallest absolute Gasteiger partial charge is 0.255 e. The molecule has 0 aliphatic carbocycles. The van der Waals surface area contributed by atoms with Crippen LogP contribution in [0.15, 0.2) is 16.6 Å². The molecule has 1 saturated heterocycles. The zero-order valence-corrected chi connectivity index (χ0v) is 15.6. The second-order valence-corrected chi connectivity index (χ2v) is 8.63. The van der Waals surface area contributed by atoms with Gasteiger partial charge in [0.15, 0.2) is 4.21 Å². The lowest BCUT2D eigenvalue weighted by Gasteiger charge is -2.34. The molecule has 3 rings (SSSR count). The average Bonchev–Trinajstić information content (AvgIpc) is 3.04. The Morgan fingerprint density at radius 3 is 2.70 bits per heavy atom. The molecule has 128 valence electrons. The van der Waals surface area contributed by atoms with Crippen molar-refractivity contribution in [3.8, 4) is 0 Å². The van der Waals surface area contributed by atoms with Crippen LogP contribution in [0.1, 0.15) is 22.6 Å². The molecule has 3 heterocycles. The normalized spacial score (nSPS) is 19.5. The molecule has 1 unspecified atom stereocenters. The summed E-state index contributed by atoms with van der Waals surface area (Å²) in [6.07, 6.45) is 3.52. The molecule has 0 amide bonds. The van der Waals surface area contributed by atoms with Crippen molar-refractivity contribution in [2.45, 2.75) is 24.1 Å². The highest BCUT2D eigenvalue weighted by Crippen LogP contribution is 2.32. The summed E-state index contributed by atoms with van der Waals surface area (Å²) in [6.45, 7) is 5.19. The quantitative estimate of drug-likeness (QED) is 0.870. The van der Waals surface area contributed by atoms with Crippen molar-refractivity contribution in [1.82, 2.24) is 24.2 Å². The van der Waals surface area contributed by atoms with Crippen LogP contribution in [0.3, 0.4) is 0 Å². The molecular weight excluding hydrogens is 358 g/mol. The number of piperazine rings is 1. The van der Waals surface area contributed by atoms with E-state index in [1.54, 1.807) is 17.4 Å². The van der Waals surface area contributed by atoms with Gasteiger partial charge < -0.3 is 9.88 Å². The number of aromatic nitrogens is 3. The van der Waals surface area contributed by atoms with Crippen LogP contribution in [0, 0.1) is 13.8 Å². The lowest BCUT2D eigenvalue weighted by atomic mass is 10.2. The molecule has 1 aliphatic heterocycles. The number of halogens is 1. The van der Waals surface area contributed by atoms with E-state index < -0.39 is 10.0 Å². The standard InChI is InChI=1S/C13H19N5O2S2.ClH/c1-9-13(21-10(2)16-9)22(19,20)18-7-4-14-8-11(18)12-15-5-6-17(12)3;/h5-6,11,14H,4,7-8H2,1-3H3;1H. The second kappa shape index (κ2) is 6.86. The van der Waals surface area contributed by atoms with Crippen molar-refractivity contribution < 1.29 is 8.42 Å². The maximum atomic E-state index is 13.1. The summed E-state index contributed by atoms with van der Waals surface area (Å²) < 4.78 is 29.9. The van der Waals surface area contributed by atoms with Gasteiger partial charge in [-0.3, -0.25) is 0 Å². The van der Waals surface area contributed by atoms with Crippen molar-refractivity contribution in [3.05, 3.63) is 28.9 Å². The predicted octanol–water partition coefficient (Wildman–Crippen LogP) is 1.25. The van der Waals surface area contributed by atoms with Gasteiger partial charge in [0.1, 0.15) is 5.82 Å². The lowest BCUT2D eigenvalue weighted by Crippen LogP contribution is -2.49. The Morgan fingerprint density at radius 2 is 2.13 bits per heavy atom. The minimum atomic E-state index is -3.57. The summed E-state index contributed by atoms with van der Waals surface area (Å²) in [6, 6.07) is -0.305. The highest BCUT2D eigenvalue weighted by molar-refractivity contribution is 7.91. The van der Waals surface area contributed by atoms with E-state index in [4.69, 9.17) is 0 Å². The fourth-order valence-electron chi connectivity index (χ4n) is 2.75.